The van der Waals surface area contributed by atoms with Crippen LogP contribution >= 0.6 is 0 Å². The molecule has 0 aliphatic rings. The second-order valence-electron chi connectivity index (χ2n) is 4.47. The Kier molecular flexibility index (Phi) is 6.78. The topological polar surface area (TPSA) is 110 Å². The Morgan fingerprint density at radius 3 is 2.56 bits per heavy atom. The molecule has 0 saturated carbocycles. The third-order valence-electron chi connectivity index (χ3n) is 1.69. The summed E-state index contributed by atoms with van der Waals surface area (Å²) >= 11 is 0. The van der Waals surface area contributed by atoms with Crippen LogP contribution < -0.4 is 5.23 Å². The van der Waals surface area contributed by atoms with Crippen molar-refractivity contribution in [3.05, 3.63) is 0 Å². The standard InChI is InChI=1S/C10H16BN3O4/c1-10(2,3)18-9(17)4-7(14-11-6-15)8(16)5-13-12/h5-7,12,14H,4H2,1-3H3/q+1/t7-/m1/s1. The first kappa shape index (κ1) is 16.2. The number of ketones is 1. The third-order valence-corrected chi connectivity index (χ3v) is 1.69. The van der Waals surface area contributed by atoms with E-state index in [2.05, 4.69) is 10.0 Å². The lowest BCUT2D eigenvalue weighted by Crippen LogP contribution is -2.43. The Labute approximate surface area is 106 Å². The number of carbonyl (C=O) groups excluding carboxylic acids is 3. The van der Waals surface area contributed by atoms with Gasteiger partial charge in [-0.2, -0.15) is 0 Å². The third kappa shape index (κ3) is 7.48. The molecule has 0 aliphatic carbocycles. The molecule has 0 fully saturated rings. The fourth-order valence-electron chi connectivity index (χ4n) is 1.10. The van der Waals surface area contributed by atoms with Crippen molar-refractivity contribution in [1.29, 1.82) is 5.53 Å². The number of ether oxygens (including phenoxy) is 1. The van der Waals surface area contributed by atoms with Gasteiger partial charge in [0.05, 0.1) is 29.0 Å². The van der Waals surface area contributed by atoms with Gasteiger partial charge >= 0.3 is 12.2 Å². The molecule has 0 aliphatic heterocycles. The summed E-state index contributed by atoms with van der Waals surface area (Å²) in [7, 11) is 1.00. The molecule has 7 nitrogen and oxygen atoms in total. The smallest absolute Gasteiger partial charge is 0.374 e. The van der Waals surface area contributed by atoms with Gasteiger partial charge in [-0.25, -0.2) is 0 Å². The molecule has 0 aromatic heterocycles. The van der Waals surface area contributed by atoms with Crippen molar-refractivity contribution in [2.24, 2.45) is 0 Å². The van der Waals surface area contributed by atoms with E-state index in [1.807, 2.05) is 0 Å². The minimum Gasteiger partial charge on any atom is -0.460 e. The highest BCUT2D eigenvalue weighted by Gasteiger charge is 2.26. The van der Waals surface area contributed by atoms with E-state index < -0.39 is 23.4 Å². The van der Waals surface area contributed by atoms with Gasteiger partial charge in [0, 0.05) is 0 Å². The molecule has 1 atom stereocenters. The fraction of sp³-hybridized carbons (Fsp3) is 0.600. The molecule has 0 aromatic carbocycles. The summed E-state index contributed by atoms with van der Waals surface area (Å²) < 4.78 is 5.05. The monoisotopic (exact) mass is 253 g/mol. The van der Waals surface area contributed by atoms with Gasteiger partial charge in [0.2, 0.25) is 0 Å². The average Bonchev–Trinajstić information content (AvgIpc) is 2.21. The molecule has 18 heavy (non-hydrogen) atoms. The molecular weight excluding hydrogens is 237 g/mol. The number of rotatable bonds is 7. The lowest BCUT2D eigenvalue weighted by molar-refractivity contribution is -0.156. The summed E-state index contributed by atoms with van der Waals surface area (Å²) in [6.45, 7) is 5.12. The van der Waals surface area contributed by atoms with E-state index in [0.717, 1.165) is 13.6 Å². The number of hydrogen-bond donors (Lipinski definition) is 2. The number of hydrogen-bond acceptors (Lipinski definition) is 6. The summed E-state index contributed by atoms with van der Waals surface area (Å²) in [6.07, 6.45) is 0.973. The molecule has 0 saturated heterocycles. The highest BCUT2D eigenvalue weighted by Crippen LogP contribution is 2.09. The van der Waals surface area contributed by atoms with E-state index in [-0.39, 0.29) is 6.42 Å². The summed E-state index contributed by atoms with van der Waals surface area (Å²) in [5.41, 5.74) is 5.90. The number of carbonyl (C=O) groups is 3. The highest BCUT2D eigenvalue weighted by molar-refractivity contribution is 6.64. The fourth-order valence-corrected chi connectivity index (χ4v) is 1.10. The average molecular weight is 253 g/mol. The van der Waals surface area contributed by atoms with E-state index in [9.17, 15) is 14.4 Å². The van der Waals surface area contributed by atoms with Gasteiger partial charge in [0.1, 0.15) is 5.60 Å². The number of nitrogens with zero attached hydrogens (tertiary/aromatic N) is 1. The van der Waals surface area contributed by atoms with E-state index in [1.165, 1.54) is 0 Å². The molecule has 8 heteroatoms. The van der Waals surface area contributed by atoms with Crippen molar-refractivity contribution in [1.82, 2.24) is 5.23 Å². The summed E-state index contributed by atoms with van der Waals surface area (Å²) in [5, 5.41) is 2.45. The molecule has 0 rings (SSSR count). The predicted molar refractivity (Wildman–Crippen MR) is 63.9 cm³/mol. The number of Topliss-reactive ketones (excluding diaryl/α,β-unsaturated/α-hetero) is 1. The molecule has 0 heterocycles. The SMILES string of the molecule is CC(C)(C)OC(=O)C[C@@H](N[B]C=O)C(=O)C=[N+]=N. The maximum atomic E-state index is 11.5. The van der Waals surface area contributed by atoms with E-state index in [0.29, 0.717) is 6.19 Å². The first-order chi connectivity index (χ1) is 8.30. The molecule has 0 aromatic rings. The Bertz CT molecular complexity index is 372. The second kappa shape index (κ2) is 7.52. The highest BCUT2D eigenvalue weighted by atomic mass is 16.6. The zero-order chi connectivity index (χ0) is 14.2. The molecule has 0 unspecified atom stereocenters. The largest absolute Gasteiger partial charge is 0.460 e. The summed E-state index contributed by atoms with van der Waals surface area (Å²) in [5.74, 6) is -1.15. The molecule has 2 N–H and O–H groups in total. The summed E-state index contributed by atoms with van der Waals surface area (Å²) in [6, 6.07) is -0.959. The molecule has 1 radical (unpaired) electrons. The Hall–Kier alpha value is -1.79. The van der Waals surface area contributed by atoms with Crippen LogP contribution in [0.25, 0.3) is 0 Å². The predicted octanol–water partition coefficient (Wildman–Crippen LogP) is -0.635. The maximum absolute atomic E-state index is 11.5. The van der Waals surface area contributed by atoms with Crippen LogP contribution in [0.3, 0.4) is 0 Å². The lowest BCUT2D eigenvalue weighted by atomic mass is 9.94. The minimum atomic E-state index is -0.959. The molecule has 0 spiro atoms. The van der Waals surface area contributed by atoms with Crippen molar-refractivity contribution in [3.63, 3.8) is 0 Å². The van der Waals surface area contributed by atoms with Gasteiger partial charge in [-0.05, 0) is 20.8 Å². The van der Waals surface area contributed by atoms with Gasteiger partial charge in [0.25, 0.3) is 13.2 Å². The number of esters is 1. The first-order valence-electron chi connectivity index (χ1n) is 5.28. The van der Waals surface area contributed by atoms with Crippen LogP contribution in [-0.2, 0) is 19.1 Å². The molecule has 0 bridgehead atoms. The molecule has 97 valence electrons. The summed E-state index contributed by atoms with van der Waals surface area (Å²) in [4.78, 5) is 36.0. The molecular formula is C10H16BN3O4+. The van der Waals surface area contributed by atoms with Crippen LogP contribution in [0.15, 0.2) is 0 Å². The first-order valence-corrected chi connectivity index (χ1v) is 5.28. The Balaban J connectivity index is 4.58. The van der Waals surface area contributed by atoms with Gasteiger partial charge < -0.3 is 14.8 Å². The zero-order valence-corrected chi connectivity index (χ0v) is 10.6. The van der Waals surface area contributed by atoms with Crippen LogP contribution in [0.2, 0.25) is 0 Å². The normalized spacial score (nSPS) is 11.9. The van der Waals surface area contributed by atoms with E-state index >= 15 is 0 Å². The van der Waals surface area contributed by atoms with E-state index in [1.54, 1.807) is 20.8 Å². The quantitative estimate of drug-likeness (QED) is 0.157. The Morgan fingerprint density at radius 1 is 1.50 bits per heavy atom. The van der Waals surface area contributed by atoms with Crippen molar-refractivity contribution >= 4 is 31.6 Å². The van der Waals surface area contributed by atoms with Gasteiger partial charge in [-0.15, -0.1) is 0 Å². The zero-order valence-electron chi connectivity index (χ0n) is 10.6. The van der Waals surface area contributed by atoms with E-state index in [4.69, 9.17) is 10.3 Å². The lowest BCUT2D eigenvalue weighted by Gasteiger charge is -2.21. The van der Waals surface area contributed by atoms with Crippen LogP contribution in [0.4, 0.5) is 0 Å². The van der Waals surface area contributed by atoms with Crippen molar-refractivity contribution < 1.29 is 23.9 Å². The van der Waals surface area contributed by atoms with Crippen LogP contribution in [0.5, 0.6) is 0 Å². The van der Waals surface area contributed by atoms with Gasteiger partial charge in [-0.3, -0.25) is 9.59 Å². The van der Waals surface area contributed by atoms with Crippen molar-refractivity contribution in [2.45, 2.75) is 38.8 Å². The minimum absolute atomic E-state index is 0.244. The van der Waals surface area contributed by atoms with Crippen LogP contribution in [0.1, 0.15) is 27.2 Å². The van der Waals surface area contributed by atoms with Crippen LogP contribution in [-0.4, -0.2) is 48.0 Å². The van der Waals surface area contributed by atoms with Crippen molar-refractivity contribution in [3.8, 4) is 0 Å². The molecule has 0 amide bonds. The van der Waals surface area contributed by atoms with Gasteiger partial charge in [0.15, 0.2) is 0 Å². The number of nitrogens with one attached hydrogen (secondary N) is 2. The van der Waals surface area contributed by atoms with Crippen molar-refractivity contribution in [2.75, 3.05) is 0 Å². The van der Waals surface area contributed by atoms with Crippen LogP contribution in [0, 0.1) is 5.53 Å². The maximum Gasteiger partial charge on any atom is 0.374 e. The van der Waals surface area contributed by atoms with Gasteiger partial charge in [-0.1, -0.05) is 0 Å². The second-order valence-corrected chi connectivity index (χ2v) is 4.47. The Morgan fingerprint density at radius 2 is 2.11 bits per heavy atom.